The zero-order chi connectivity index (χ0) is 39.1. The average Bonchev–Trinajstić information content (AvgIpc) is 3.31. The molecule has 0 saturated heterocycles. The van der Waals surface area contributed by atoms with E-state index in [1.54, 1.807) is 0 Å². The molecule has 0 heterocycles. The summed E-state index contributed by atoms with van der Waals surface area (Å²) in [7, 11) is 0. The number of allylic oxidation sites excluding steroid dienone is 2. The van der Waals surface area contributed by atoms with Crippen LogP contribution in [0.2, 0.25) is 0 Å². The van der Waals surface area contributed by atoms with Gasteiger partial charge in [0.05, 0.1) is 17.7 Å². The number of rotatable bonds is 10. The summed E-state index contributed by atoms with van der Waals surface area (Å²) in [5, 5.41) is 10.1. The van der Waals surface area contributed by atoms with Crippen LogP contribution in [0.3, 0.4) is 0 Å². The summed E-state index contributed by atoms with van der Waals surface area (Å²) in [5.74, 6) is 0. The van der Waals surface area contributed by atoms with E-state index in [4.69, 9.17) is 0 Å². The van der Waals surface area contributed by atoms with Crippen molar-refractivity contribution in [2.75, 3.05) is 9.80 Å². The smallest absolute Gasteiger partial charge is 0.0991 e. The van der Waals surface area contributed by atoms with Gasteiger partial charge in [0.15, 0.2) is 0 Å². The summed E-state index contributed by atoms with van der Waals surface area (Å²) in [4.78, 5) is 4.69. The Morgan fingerprint density at radius 2 is 0.862 bits per heavy atom. The largest absolute Gasteiger partial charge is 0.334 e. The standard InChI is InChI=1S/C55H41N3/c56-40-41-29-38-54(52-27-15-13-25-50(52)42-30-34-48(35-31-42)57(44-17-5-1-6-18-44)45-19-7-2-8-20-45)55(39-41)53-28-16-14-26-51(53)43-32-36-49(37-33-43)58(46-21-9-3-10-22-46)47-23-11-4-12-24-47/h1-36,38-39,49H,37H2. The highest BCUT2D eigenvalue weighted by Crippen LogP contribution is 2.43. The Kier molecular flexibility index (Phi) is 10.3. The fourth-order valence-corrected chi connectivity index (χ4v) is 8.11. The number of benzene rings is 8. The minimum atomic E-state index is 0.156. The van der Waals surface area contributed by atoms with Crippen molar-refractivity contribution in [2.45, 2.75) is 12.5 Å². The molecule has 9 rings (SSSR count). The monoisotopic (exact) mass is 743 g/mol. The van der Waals surface area contributed by atoms with Gasteiger partial charge in [-0.05, 0) is 124 Å². The first-order valence-electron chi connectivity index (χ1n) is 19.8. The van der Waals surface area contributed by atoms with Crippen LogP contribution in [0.4, 0.5) is 28.4 Å². The molecular weight excluding hydrogens is 703 g/mol. The van der Waals surface area contributed by atoms with Gasteiger partial charge in [0.2, 0.25) is 0 Å². The summed E-state index contributed by atoms with van der Waals surface area (Å²) in [6, 6.07) is 76.9. The van der Waals surface area contributed by atoms with E-state index in [0.29, 0.717) is 5.56 Å². The molecule has 1 atom stereocenters. The van der Waals surface area contributed by atoms with Gasteiger partial charge in [-0.2, -0.15) is 5.26 Å². The van der Waals surface area contributed by atoms with Crippen molar-refractivity contribution in [3.8, 4) is 39.4 Å². The normalized spacial score (nSPS) is 13.3. The summed E-state index contributed by atoms with van der Waals surface area (Å²) >= 11 is 0. The molecule has 8 aromatic rings. The molecule has 0 fully saturated rings. The van der Waals surface area contributed by atoms with Crippen molar-refractivity contribution >= 4 is 34.0 Å². The van der Waals surface area contributed by atoms with Crippen LogP contribution in [-0.2, 0) is 0 Å². The lowest BCUT2D eigenvalue weighted by atomic mass is 9.84. The fourth-order valence-electron chi connectivity index (χ4n) is 8.11. The van der Waals surface area contributed by atoms with E-state index < -0.39 is 0 Å². The van der Waals surface area contributed by atoms with Crippen LogP contribution in [-0.4, -0.2) is 6.04 Å². The SMILES string of the molecule is N#Cc1ccc(-c2ccccc2-c2ccc(N(c3ccccc3)c3ccccc3)cc2)c(-c2ccccc2C2=CCC(N(c3ccccc3)c3ccccc3)C=C2)c1. The van der Waals surface area contributed by atoms with E-state index in [9.17, 15) is 5.26 Å². The predicted molar refractivity (Wildman–Crippen MR) is 243 cm³/mol. The first kappa shape index (κ1) is 36.0. The number of nitriles is 1. The molecule has 0 aromatic heterocycles. The van der Waals surface area contributed by atoms with Gasteiger partial charge in [-0.3, -0.25) is 0 Å². The van der Waals surface area contributed by atoms with E-state index in [1.165, 1.54) is 5.57 Å². The van der Waals surface area contributed by atoms with Gasteiger partial charge >= 0.3 is 0 Å². The summed E-state index contributed by atoms with van der Waals surface area (Å²) in [6.07, 6.45) is 7.80. The maximum absolute atomic E-state index is 10.1. The third-order valence-corrected chi connectivity index (χ3v) is 10.8. The van der Waals surface area contributed by atoms with Crippen LogP contribution in [0.1, 0.15) is 17.5 Å². The van der Waals surface area contributed by atoms with Crippen molar-refractivity contribution < 1.29 is 0 Å². The minimum absolute atomic E-state index is 0.156. The number of hydrogen-bond acceptors (Lipinski definition) is 3. The molecule has 8 aromatic carbocycles. The summed E-state index contributed by atoms with van der Waals surface area (Å²) < 4.78 is 0. The highest BCUT2D eigenvalue weighted by atomic mass is 15.2. The highest BCUT2D eigenvalue weighted by molar-refractivity contribution is 5.96. The molecule has 0 radical (unpaired) electrons. The van der Waals surface area contributed by atoms with Gasteiger partial charge in [-0.25, -0.2) is 0 Å². The fraction of sp³-hybridized carbons (Fsp3) is 0.0364. The molecule has 58 heavy (non-hydrogen) atoms. The van der Waals surface area contributed by atoms with Crippen LogP contribution in [0.25, 0.3) is 39.0 Å². The van der Waals surface area contributed by atoms with E-state index in [-0.39, 0.29) is 6.04 Å². The van der Waals surface area contributed by atoms with Crippen molar-refractivity contribution in [1.29, 1.82) is 5.26 Å². The molecular formula is C55H41N3. The second-order valence-corrected chi connectivity index (χ2v) is 14.4. The Hall–Kier alpha value is -7.67. The first-order valence-corrected chi connectivity index (χ1v) is 19.8. The van der Waals surface area contributed by atoms with Crippen LogP contribution in [0.15, 0.2) is 231 Å². The van der Waals surface area contributed by atoms with Gasteiger partial charge in [-0.15, -0.1) is 0 Å². The van der Waals surface area contributed by atoms with Crippen LogP contribution in [0, 0.1) is 11.3 Å². The van der Waals surface area contributed by atoms with Crippen LogP contribution < -0.4 is 9.80 Å². The molecule has 1 unspecified atom stereocenters. The highest BCUT2D eigenvalue weighted by Gasteiger charge is 2.22. The Morgan fingerprint density at radius 1 is 0.414 bits per heavy atom. The van der Waals surface area contributed by atoms with Crippen molar-refractivity contribution in [3.05, 3.63) is 242 Å². The van der Waals surface area contributed by atoms with Gasteiger partial charge in [0.1, 0.15) is 0 Å². The minimum Gasteiger partial charge on any atom is -0.334 e. The third kappa shape index (κ3) is 7.35. The average molecular weight is 744 g/mol. The molecule has 3 heteroatoms. The summed E-state index contributed by atoms with van der Waals surface area (Å²) in [5.41, 5.74) is 15.1. The zero-order valence-electron chi connectivity index (χ0n) is 32.1. The predicted octanol–water partition coefficient (Wildman–Crippen LogP) is 14.6. The number of hydrogen-bond donors (Lipinski definition) is 0. The van der Waals surface area contributed by atoms with Gasteiger partial charge in [0, 0.05) is 28.4 Å². The van der Waals surface area contributed by atoms with Crippen LogP contribution >= 0.6 is 0 Å². The summed E-state index contributed by atoms with van der Waals surface area (Å²) in [6.45, 7) is 0. The second kappa shape index (κ2) is 16.6. The van der Waals surface area contributed by atoms with E-state index >= 15 is 0 Å². The number of nitrogens with zero attached hydrogens (tertiary/aromatic N) is 3. The molecule has 0 saturated carbocycles. The lowest BCUT2D eigenvalue weighted by molar-refractivity contribution is 0.787. The number of para-hydroxylation sites is 4. The molecule has 0 spiro atoms. The van der Waals surface area contributed by atoms with Crippen LogP contribution in [0.5, 0.6) is 0 Å². The Bertz CT molecular complexity index is 2670. The molecule has 1 aliphatic rings. The topological polar surface area (TPSA) is 30.3 Å². The van der Waals surface area contributed by atoms with Crippen molar-refractivity contribution in [3.63, 3.8) is 0 Å². The van der Waals surface area contributed by atoms with Gasteiger partial charge in [-0.1, -0.05) is 158 Å². The molecule has 276 valence electrons. The number of anilines is 5. The van der Waals surface area contributed by atoms with E-state index in [0.717, 1.165) is 73.8 Å². The lowest BCUT2D eigenvalue weighted by Gasteiger charge is -2.33. The third-order valence-electron chi connectivity index (χ3n) is 10.8. The lowest BCUT2D eigenvalue weighted by Crippen LogP contribution is -2.30. The Morgan fingerprint density at radius 3 is 1.38 bits per heavy atom. The van der Waals surface area contributed by atoms with E-state index in [1.807, 2.05) is 24.3 Å². The maximum Gasteiger partial charge on any atom is 0.0991 e. The molecule has 0 aliphatic heterocycles. The molecule has 0 N–H and O–H groups in total. The first-order chi connectivity index (χ1) is 28.7. The molecule has 0 bridgehead atoms. The molecule has 0 amide bonds. The van der Waals surface area contributed by atoms with Gasteiger partial charge in [0.25, 0.3) is 0 Å². The van der Waals surface area contributed by atoms with Gasteiger partial charge < -0.3 is 9.80 Å². The Balaban J connectivity index is 1.08. The second-order valence-electron chi connectivity index (χ2n) is 14.4. The Labute approximate surface area is 341 Å². The molecule has 1 aliphatic carbocycles. The van der Waals surface area contributed by atoms with Crippen molar-refractivity contribution in [1.82, 2.24) is 0 Å². The van der Waals surface area contributed by atoms with Crippen molar-refractivity contribution in [2.24, 2.45) is 0 Å². The quantitative estimate of drug-likeness (QED) is 0.140. The molecule has 3 nitrogen and oxygen atoms in total. The van der Waals surface area contributed by atoms with E-state index in [2.05, 4.69) is 222 Å². The maximum atomic E-state index is 10.1. The zero-order valence-corrected chi connectivity index (χ0v) is 32.1.